The van der Waals surface area contributed by atoms with Crippen LogP contribution in [0, 0.1) is 5.41 Å². The molecule has 0 aromatic carbocycles. The van der Waals surface area contributed by atoms with Gasteiger partial charge < -0.3 is 10.4 Å². The van der Waals surface area contributed by atoms with Crippen molar-refractivity contribution in [3.05, 3.63) is 0 Å². The van der Waals surface area contributed by atoms with Crippen molar-refractivity contribution in [2.75, 3.05) is 6.54 Å². The normalized spacial score (nSPS) is 11.1. The lowest BCUT2D eigenvalue weighted by Crippen LogP contribution is -2.28. The molecule has 15 heavy (non-hydrogen) atoms. The third-order valence-corrected chi connectivity index (χ3v) is 1.83. The molecule has 0 atom stereocenters. The number of carbonyl (C=O) groups excluding carboxylic acids is 1. The van der Waals surface area contributed by atoms with E-state index in [0.29, 0.717) is 19.4 Å². The molecule has 0 radical (unpaired) electrons. The van der Waals surface area contributed by atoms with Crippen molar-refractivity contribution in [3.63, 3.8) is 0 Å². The maximum atomic E-state index is 11.3. The summed E-state index contributed by atoms with van der Waals surface area (Å²) in [7, 11) is 0. The molecule has 0 rings (SSSR count). The highest BCUT2D eigenvalue weighted by Gasteiger charge is 2.15. The topological polar surface area (TPSA) is 66.4 Å². The van der Waals surface area contributed by atoms with E-state index < -0.39 is 5.97 Å². The molecule has 0 bridgehead atoms. The fourth-order valence-electron chi connectivity index (χ4n) is 1.17. The molecule has 0 saturated heterocycles. The number of rotatable bonds is 6. The van der Waals surface area contributed by atoms with Crippen molar-refractivity contribution in [1.82, 2.24) is 5.32 Å². The molecular weight excluding hydrogens is 194 g/mol. The van der Waals surface area contributed by atoms with Gasteiger partial charge in [0.2, 0.25) is 5.91 Å². The van der Waals surface area contributed by atoms with Gasteiger partial charge in [-0.1, -0.05) is 20.8 Å². The lowest BCUT2D eigenvalue weighted by molar-refractivity contribution is -0.137. The summed E-state index contributed by atoms with van der Waals surface area (Å²) in [5.41, 5.74) is 0.00511. The van der Waals surface area contributed by atoms with Gasteiger partial charge in [-0.15, -0.1) is 0 Å². The molecule has 0 aliphatic carbocycles. The molecule has 0 spiro atoms. The first-order valence-corrected chi connectivity index (χ1v) is 5.30. The molecular formula is C11H21NO3. The van der Waals surface area contributed by atoms with Crippen molar-refractivity contribution in [3.8, 4) is 0 Å². The van der Waals surface area contributed by atoms with E-state index in [0.717, 1.165) is 6.42 Å². The van der Waals surface area contributed by atoms with Gasteiger partial charge in [-0.25, -0.2) is 0 Å². The molecule has 4 nitrogen and oxygen atoms in total. The van der Waals surface area contributed by atoms with Gasteiger partial charge in [0.05, 0.1) is 0 Å². The highest BCUT2D eigenvalue weighted by atomic mass is 16.4. The monoisotopic (exact) mass is 215 g/mol. The first-order chi connectivity index (χ1) is 6.81. The smallest absolute Gasteiger partial charge is 0.303 e. The first-order valence-electron chi connectivity index (χ1n) is 5.30. The Labute approximate surface area is 91.1 Å². The van der Waals surface area contributed by atoms with Crippen LogP contribution in [0.5, 0.6) is 0 Å². The van der Waals surface area contributed by atoms with E-state index in [1.165, 1.54) is 0 Å². The van der Waals surface area contributed by atoms with Gasteiger partial charge in [0.25, 0.3) is 0 Å². The Hall–Kier alpha value is -1.06. The van der Waals surface area contributed by atoms with E-state index in [9.17, 15) is 9.59 Å². The molecule has 1 amide bonds. The minimum atomic E-state index is -0.781. The predicted octanol–water partition coefficient (Wildman–Crippen LogP) is 1.79. The largest absolute Gasteiger partial charge is 0.481 e. The molecule has 0 heterocycles. The Morgan fingerprint density at radius 2 is 1.80 bits per heavy atom. The van der Waals surface area contributed by atoms with E-state index in [1.807, 2.05) is 20.8 Å². The van der Waals surface area contributed by atoms with E-state index in [1.54, 1.807) is 0 Å². The molecule has 2 N–H and O–H groups in total. The number of aliphatic carboxylic acids is 1. The minimum Gasteiger partial charge on any atom is -0.481 e. The van der Waals surface area contributed by atoms with Crippen LogP contribution >= 0.6 is 0 Å². The second-order valence-electron chi connectivity index (χ2n) is 4.94. The molecule has 0 fully saturated rings. The number of amides is 1. The van der Waals surface area contributed by atoms with Crippen LogP contribution in [-0.4, -0.2) is 23.5 Å². The molecule has 0 unspecified atom stereocenters. The fourth-order valence-corrected chi connectivity index (χ4v) is 1.17. The quantitative estimate of drug-likeness (QED) is 0.664. The van der Waals surface area contributed by atoms with Crippen LogP contribution < -0.4 is 5.32 Å². The maximum absolute atomic E-state index is 11.3. The van der Waals surface area contributed by atoms with E-state index in [2.05, 4.69) is 5.32 Å². The van der Waals surface area contributed by atoms with Crippen LogP contribution in [-0.2, 0) is 9.59 Å². The average molecular weight is 215 g/mol. The average Bonchev–Trinajstić information content (AvgIpc) is 1.99. The third-order valence-electron chi connectivity index (χ3n) is 1.83. The summed E-state index contributed by atoms with van der Waals surface area (Å²) in [6.07, 6.45) is 2.02. The highest BCUT2D eigenvalue weighted by Crippen LogP contribution is 2.17. The zero-order chi connectivity index (χ0) is 11.9. The minimum absolute atomic E-state index is 0.00511. The van der Waals surface area contributed by atoms with Gasteiger partial charge in [-0.05, 0) is 18.3 Å². The Morgan fingerprint density at radius 1 is 1.20 bits per heavy atom. The summed E-state index contributed by atoms with van der Waals surface area (Å²) in [4.78, 5) is 21.5. The molecule has 0 aromatic rings. The van der Waals surface area contributed by atoms with Gasteiger partial charge >= 0.3 is 5.97 Å². The lowest BCUT2D eigenvalue weighted by atomic mass is 9.92. The van der Waals surface area contributed by atoms with E-state index >= 15 is 0 Å². The predicted molar refractivity (Wildman–Crippen MR) is 58.6 cm³/mol. The SMILES string of the molecule is CC(C)(C)CC(=O)NCCCCC(=O)O. The van der Waals surface area contributed by atoms with Crippen LogP contribution in [0.3, 0.4) is 0 Å². The third kappa shape index (κ3) is 10.9. The summed E-state index contributed by atoms with van der Waals surface area (Å²) in [5.74, 6) is -0.742. The van der Waals surface area contributed by atoms with Gasteiger partial charge in [0, 0.05) is 19.4 Å². The van der Waals surface area contributed by atoms with E-state index in [-0.39, 0.29) is 17.7 Å². The van der Waals surface area contributed by atoms with Gasteiger partial charge in [-0.3, -0.25) is 9.59 Å². The maximum Gasteiger partial charge on any atom is 0.303 e. The molecule has 0 saturated carbocycles. The summed E-state index contributed by atoms with van der Waals surface area (Å²) >= 11 is 0. The summed E-state index contributed by atoms with van der Waals surface area (Å²) < 4.78 is 0. The van der Waals surface area contributed by atoms with Crippen molar-refractivity contribution >= 4 is 11.9 Å². The second kappa shape index (κ2) is 6.43. The highest BCUT2D eigenvalue weighted by molar-refractivity contribution is 5.76. The van der Waals surface area contributed by atoms with Crippen molar-refractivity contribution in [2.24, 2.45) is 5.41 Å². The standard InChI is InChI=1S/C11H21NO3/c1-11(2,3)8-9(13)12-7-5-4-6-10(14)15/h4-8H2,1-3H3,(H,12,13)(H,14,15). The number of carbonyl (C=O) groups is 2. The Balaban J connectivity index is 3.44. The number of hydrogen-bond acceptors (Lipinski definition) is 2. The number of nitrogens with one attached hydrogen (secondary N) is 1. The molecule has 0 aliphatic rings. The van der Waals surface area contributed by atoms with Crippen LogP contribution in [0.1, 0.15) is 46.5 Å². The fraction of sp³-hybridized carbons (Fsp3) is 0.818. The molecule has 4 heteroatoms. The van der Waals surface area contributed by atoms with E-state index in [4.69, 9.17) is 5.11 Å². The van der Waals surface area contributed by atoms with Gasteiger partial charge in [-0.2, -0.15) is 0 Å². The van der Waals surface area contributed by atoms with Crippen LogP contribution in [0.4, 0.5) is 0 Å². The van der Waals surface area contributed by atoms with Crippen molar-refractivity contribution in [1.29, 1.82) is 0 Å². The number of unbranched alkanes of at least 4 members (excludes halogenated alkanes) is 1. The molecule has 0 aromatic heterocycles. The number of carboxylic acid groups (broad SMARTS) is 1. The Morgan fingerprint density at radius 3 is 2.27 bits per heavy atom. The summed E-state index contributed by atoms with van der Waals surface area (Å²) in [5, 5.41) is 11.2. The van der Waals surface area contributed by atoms with Gasteiger partial charge in [0.15, 0.2) is 0 Å². The molecule has 88 valence electrons. The van der Waals surface area contributed by atoms with Crippen molar-refractivity contribution < 1.29 is 14.7 Å². The summed E-state index contributed by atoms with van der Waals surface area (Å²) in [6, 6.07) is 0. The second-order valence-corrected chi connectivity index (χ2v) is 4.94. The number of hydrogen-bond donors (Lipinski definition) is 2. The van der Waals surface area contributed by atoms with Crippen LogP contribution in [0.15, 0.2) is 0 Å². The Bertz CT molecular complexity index is 218. The van der Waals surface area contributed by atoms with Gasteiger partial charge in [0.1, 0.15) is 0 Å². The lowest BCUT2D eigenvalue weighted by Gasteiger charge is -2.17. The van der Waals surface area contributed by atoms with Crippen LogP contribution in [0.2, 0.25) is 0 Å². The van der Waals surface area contributed by atoms with Crippen molar-refractivity contribution in [2.45, 2.75) is 46.5 Å². The number of carboxylic acids is 1. The van der Waals surface area contributed by atoms with Crippen LogP contribution in [0.25, 0.3) is 0 Å². The molecule has 0 aliphatic heterocycles. The zero-order valence-electron chi connectivity index (χ0n) is 9.80. The Kier molecular flexibility index (Phi) is 5.97. The first kappa shape index (κ1) is 13.9. The zero-order valence-corrected chi connectivity index (χ0v) is 9.80. The summed E-state index contributed by atoms with van der Waals surface area (Å²) in [6.45, 7) is 6.60.